The molecule has 1 fully saturated rings. The highest BCUT2D eigenvalue weighted by molar-refractivity contribution is 5.78. The monoisotopic (exact) mass is 373 g/mol. The van der Waals surface area contributed by atoms with Gasteiger partial charge in [-0.05, 0) is 25.0 Å². The molecule has 1 aromatic heterocycles. The quantitative estimate of drug-likeness (QED) is 0.718. The van der Waals surface area contributed by atoms with E-state index >= 15 is 0 Å². The summed E-state index contributed by atoms with van der Waals surface area (Å²) in [7, 11) is 1.58. The average molecular weight is 373 g/mol. The lowest BCUT2D eigenvalue weighted by Gasteiger charge is -2.31. The summed E-state index contributed by atoms with van der Waals surface area (Å²) in [6.07, 6.45) is 1.95. The summed E-state index contributed by atoms with van der Waals surface area (Å²) in [5, 5.41) is 3.91. The van der Waals surface area contributed by atoms with Gasteiger partial charge in [-0.25, -0.2) is 0 Å². The lowest BCUT2D eigenvalue weighted by molar-refractivity contribution is -0.153. The van der Waals surface area contributed by atoms with Crippen molar-refractivity contribution in [2.75, 3.05) is 20.2 Å². The lowest BCUT2D eigenvalue weighted by Crippen LogP contribution is -2.42. The maximum atomic E-state index is 12.3. The number of hydrogen-bond donors (Lipinski definition) is 0. The third kappa shape index (κ3) is 4.64. The van der Waals surface area contributed by atoms with Crippen LogP contribution in [0.4, 0.5) is 0 Å². The molecular formula is C19H23N3O5. The number of aromatic nitrogens is 2. The van der Waals surface area contributed by atoms with Crippen LogP contribution in [0, 0.1) is 5.92 Å². The van der Waals surface area contributed by atoms with Crippen LogP contribution in [0.2, 0.25) is 0 Å². The molecule has 0 spiro atoms. The molecule has 27 heavy (non-hydrogen) atoms. The minimum absolute atomic E-state index is 0.0623. The first-order chi connectivity index (χ1) is 13.1. The van der Waals surface area contributed by atoms with Gasteiger partial charge in [-0.3, -0.25) is 9.59 Å². The number of hydrogen-bond acceptors (Lipinski definition) is 7. The van der Waals surface area contributed by atoms with E-state index in [2.05, 4.69) is 10.1 Å². The smallest absolute Gasteiger partial charge is 0.311 e. The molecule has 1 unspecified atom stereocenters. The van der Waals surface area contributed by atoms with Crippen molar-refractivity contribution < 1.29 is 23.6 Å². The van der Waals surface area contributed by atoms with Gasteiger partial charge in [-0.2, -0.15) is 4.98 Å². The lowest BCUT2D eigenvalue weighted by atomic mass is 9.98. The van der Waals surface area contributed by atoms with E-state index in [0.717, 1.165) is 12.0 Å². The molecule has 2 aromatic rings. The fraction of sp³-hybridized carbons (Fsp3) is 0.474. The van der Waals surface area contributed by atoms with E-state index in [9.17, 15) is 9.59 Å². The molecule has 1 aliphatic rings. The van der Waals surface area contributed by atoms with Crippen molar-refractivity contribution in [3.63, 3.8) is 0 Å². The standard InChI is InChI=1S/C19H23N3O5/c1-3-17(23)22-9-5-7-14(11-22)19(24)26-12-16-20-18(21-27-16)13-6-4-8-15(10-13)25-2/h4,6,8,10,14H,3,5,7,9,11-12H2,1-2H3. The highest BCUT2D eigenvalue weighted by Crippen LogP contribution is 2.22. The van der Waals surface area contributed by atoms with Gasteiger partial charge in [-0.15, -0.1) is 0 Å². The zero-order valence-corrected chi connectivity index (χ0v) is 15.5. The van der Waals surface area contributed by atoms with E-state index in [4.69, 9.17) is 14.0 Å². The average Bonchev–Trinajstić information content (AvgIpc) is 3.20. The van der Waals surface area contributed by atoms with E-state index in [1.807, 2.05) is 25.1 Å². The zero-order chi connectivity index (χ0) is 19.2. The number of carbonyl (C=O) groups is 2. The van der Waals surface area contributed by atoms with Gasteiger partial charge in [-0.1, -0.05) is 24.2 Å². The Bertz CT molecular complexity index is 804. The van der Waals surface area contributed by atoms with Crippen LogP contribution >= 0.6 is 0 Å². The molecule has 0 saturated carbocycles. The largest absolute Gasteiger partial charge is 0.497 e. The Morgan fingerprint density at radius 2 is 2.22 bits per heavy atom. The molecule has 1 atom stereocenters. The third-order valence-electron chi connectivity index (χ3n) is 4.54. The van der Waals surface area contributed by atoms with Gasteiger partial charge in [0.05, 0.1) is 13.0 Å². The molecule has 1 saturated heterocycles. The van der Waals surface area contributed by atoms with Crippen LogP contribution in [-0.2, 0) is 20.9 Å². The molecule has 0 bridgehead atoms. The molecule has 8 heteroatoms. The Morgan fingerprint density at radius 3 is 3.00 bits per heavy atom. The normalized spacial score (nSPS) is 16.8. The number of amides is 1. The number of rotatable bonds is 6. The zero-order valence-electron chi connectivity index (χ0n) is 15.5. The summed E-state index contributed by atoms with van der Waals surface area (Å²) in [6.45, 7) is 2.84. The number of ether oxygens (including phenoxy) is 2. The second-order valence-electron chi connectivity index (χ2n) is 6.38. The predicted octanol–water partition coefficient (Wildman–Crippen LogP) is 2.44. The van der Waals surface area contributed by atoms with E-state index in [0.29, 0.717) is 37.5 Å². The van der Waals surface area contributed by atoms with Crippen molar-refractivity contribution in [2.45, 2.75) is 32.8 Å². The molecule has 144 valence electrons. The van der Waals surface area contributed by atoms with Gasteiger partial charge in [0.25, 0.3) is 5.89 Å². The van der Waals surface area contributed by atoms with Crippen molar-refractivity contribution in [3.8, 4) is 17.1 Å². The van der Waals surface area contributed by atoms with Crippen LogP contribution in [0.1, 0.15) is 32.1 Å². The van der Waals surface area contributed by atoms with Crippen molar-refractivity contribution >= 4 is 11.9 Å². The van der Waals surface area contributed by atoms with Crippen LogP contribution in [0.15, 0.2) is 28.8 Å². The second kappa shape index (κ2) is 8.66. The van der Waals surface area contributed by atoms with Gasteiger partial charge in [0.2, 0.25) is 11.7 Å². The van der Waals surface area contributed by atoms with E-state index in [-0.39, 0.29) is 30.3 Å². The molecule has 0 radical (unpaired) electrons. The Morgan fingerprint density at radius 1 is 1.37 bits per heavy atom. The minimum Gasteiger partial charge on any atom is -0.497 e. The van der Waals surface area contributed by atoms with Crippen molar-refractivity contribution in [3.05, 3.63) is 30.2 Å². The predicted molar refractivity (Wildman–Crippen MR) is 95.7 cm³/mol. The van der Waals surface area contributed by atoms with E-state index in [1.54, 1.807) is 18.1 Å². The summed E-state index contributed by atoms with van der Waals surface area (Å²) in [5.41, 5.74) is 0.747. The fourth-order valence-corrected chi connectivity index (χ4v) is 3.06. The molecule has 3 rings (SSSR count). The number of piperidine rings is 1. The number of methoxy groups -OCH3 is 1. The Balaban J connectivity index is 1.56. The van der Waals surface area contributed by atoms with Gasteiger partial charge in [0.1, 0.15) is 5.75 Å². The van der Waals surface area contributed by atoms with E-state index < -0.39 is 0 Å². The van der Waals surface area contributed by atoms with Crippen molar-refractivity contribution in [1.29, 1.82) is 0 Å². The summed E-state index contributed by atoms with van der Waals surface area (Å²) < 4.78 is 15.7. The van der Waals surface area contributed by atoms with E-state index in [1.165, 1.54) is 0 Å². The summed E-state index contributed by atoms with van der Waals surface area (Å²) >= 11 is 0. The Hall–Kier alpha value is -2.90. The van der Waals surface area contributed by atoms with Crippen LogP contribution in [0.3, 0.4) is 0 Å². The molecule has 2 heterocycles. The van der Waals surface area contributed by atoms with Crippen molar-refractivity contribution in [1.82, 2.24) is 15.0 Å². The van der Waals surface area contributed by atoms with Crippen LogP contribution in [0.25, 0.3) is 11.4 Å². The molecular weight excluding hydrogens is 350 g/mol. The van der Waals surface area contributed by atoms with Gasteiger partial charge in [0, 0.05) is 25.1 Å². The number of esters is 1. The number of carbonyl (C=O) groups excluding carboxylic acids is 2. The van der Waals surface area contributed by atoms with Crippen LogP contribution in [-0.4, -0.2) is 47.1 Å². The SMILES string of the molecule is CCC(=O)N1CCCC(C(=O)OCc2nc(-c3cccc(OC)c3)no2)C1. The number of benzene rings is 1. The molecule has 1 aliphatic heterocycles. The molecule has 1 aromatic carbocycles. The summed E-state index contributed by atoms with van der Waals surface area (Å²) in [6, 6.07) is 7.28. The van der Waals surface area contributed by atoms with Gasteiger partial charge in [0.15, 0.2) is 6.61 Å². The van der Waals surface area contributed by atoms with Crippen LogP contribution < -0.4 is 4.74 Å². The topological polar surface area (TPSA) is 94.8 Å². The highest BCUT2D eigenvalue weighted by atomic mass is 16.6. The summed E-state index contributed by atoms with van der Waals surface area (Å²) in [5.74, 6) is 0.719. The Labute approximate surface area is 157 Å². The first-order valence-corrected chi connectivity index (χ1v) is 9.02. The molecule has 0 aliphatic carbocycles. The number of likely N-dealkylation sites (tertiary alicyclic amines) is 1. The van der Waals surface area contributed by atoms with Gasteiger partial charge < -0.3 is 18.9 Å². The fourth-order valence-electron chi connectivity index (χ4n) is 3.06. The Kier molecular flexibility index (Phi) is 6.05. The summed E-state index contributed by atoms with van der Waals surface area (Å²) in [4.78, 5) is 30.1. The molecule has 8 nitrogen and oxygen atoms in total. The first kappa shape index (κ1) is 18.9. The number of nitrogens with zero attached hydrogens (tertiary/aromatic N) is 3. The molecule has 1 amide bonds. The van der Waals surface area contributed by atoms with Gasteiger partial charge >= 0.3 is 5.97 Å². The molecule has 0 N–H and O–H groups in total. The first-order valence-electron chi connectivity index (χ1n) is 9.02. The van der Waals surface area contributed by atoms with Crippen molar-refractivity contribution in [2.24, 2.45) is 5.92 Å². The highest BCUT2D eigenvalue weighted by Gasteiger charge is 2.29. The second-order valence-corrected chi connectivity index (χ2v) is 6.38. The minimum atomic E-state index is -0.343. The maximum absolute atomic E-state index is 12.3. The maximum Gasteiger partial charge on any atom is 0.311 e. The third-order valence-corrected chi connectivity index (χ3v) is 4.54. The van der Waals surface area contributed by atoms with Crippen LogP contribution in [0.5, 0.6) is 5.75 Å².